The van der Waals surface area contributed by atoms with Crippen molar-refractivity contribution in [3.63, 3.8) is 0 Å². The summed E-state index contributed by atoms with van der Waals surface area (Å²) in [6, 6.07) is -0.176. The van der Waals surface area contributed by atoms with E-state index in [1.54, 1.807) is 25.7 Å². The van der Waals surface area contributed by atoms with Crippen molar-refractivity contribution in [2.24, 2.45) is 5.92 Å². The monoisotopic (exact) mass is 328 g/mol. The summed E-state index contributed by atoms with van der Waals surface area (Å²) in [5, 5.41) is 2.82. The number of methoxy groups -OCH3 is 1. The van der Waals surface area contributed by atoms with Gasteiger partial charge in [-0.15, -0.1) is 0 Å². The Morgan fingerprint density at radius 1 is 1.22 bits per heavy atom. The van der Waals surface area contributed by atoms with E-state index in [1.165, 1.54) is 14.0 Å². The van der Waals surface area contributed by atoms with Gasteiger partial charge in [0, 0.05) is 26.4 Å². The maximum Gasteiger partial charge on any atom is 0.407 e. The standard InChI is InChI=1S/C16H28N2O5/c1-11(19)18-9-12(6-7-14(20)22-5)8-13(10-18)17-15(21)23-16(2,3)4/h12-13H,6-10H2,1-5H3,(H,17,21). The number of amides is 2. The Morgan fingerprint density at radius 2 is 1.87 bits per heavy atom. The molecule has 1 saturated heterocycles. The van der Waals surface area contributed by atoms with E-state index >= 15 is 0 Å². The minimum absolute atomic E-state index is 0.0382. The summed E-state index contributed by atoms with van der Waals surface area (Å²) in [6.45, 7) is 7.97. The minimum Gasteiger partial charge on any atom is -0.469 e. The molecule has 1 heterocycles. The van der Waals surface area contributed by atoms with E-state index in [4.69, 9.17) is 4.74 Å². The zero-order valence-corrected chi connectivity index (χ0v) is 14.7. The maximum atomic E-state index is 11.9. The van der Waals surface area contributed by atoms with Crippen molar-refractivity contribution in [2.45, 2.75) is 58.6 Å². The van der Waals surface area contributed by atoms with Gasteiger partial charge >= 0.3 is 12.1 Å². The lowest BCUT2D eigenvalue weighted by molar-refractivity contribution is -0.141. The van der Waals surface area contributed by atoms with Crippen molar-refractivity contribution in [3.05, 3.63) is 0 Å². The number of rotatable bonds is 4. The predicted molar refractivity (Wildman–Crippen MR) is 84.8 cm³/mol. The molecule has 0 aromatic heterocycles. The third kappa shape index (κ3) is 7.34. The van der Waals surface area contributed by atoms with Gasteiger partial charge in [-0.05, 0) is 39.5 Å². The van der Waals surface area contributed by atoms with Crippen LogP contribution in [0.4, 0.5) is 4.79 Å². The molecule has 7 nitrogen and oxygen atoms in total. The van der Waals surface area contributed by atoms with Crippen molar-refractivity contribution < 1.29 is 23.9 Å². The molecular weight excluding hydrogens is 300 g/mol. The molecule has 0 radical (unpaired) electrons. The van der Waals surface area contributed by atoms with Gasteiger partial charge in [0.05, 0.1) is 13.2 Å². The Hall–Kier alpha value is -1.79. The normalized spacial score (nSPS) is 21.5. The van der Waals surface area contributed by atoms with E-state index in [-0.39, 0.29) is 23.8 Å². The molecule has 0 bridgehead atoms. The highest BCUT2D eigenvalue weighted by Crippen LogP contribution is 2.22. The first kappa shape index (κ1) is 19.3. The van der Waals surface area contributed by atoms with Crippen LogP contribution in [0.5, 0.6) is 0 Å². The Balaban J connectivity index is 2.61. The third-order valence-electron chi connectivity index (χ3n) is 3.69. The fourth-order valence-corrected chi connectivity index (χ4v) is 2.67. The number of piperidine rings is 1. The number of hydrogen-bond acceptors (Lipinski definition) is 5. The van der Waals surface area contributed by atoms with Crippen molar-refractivity contribution in [2.75, 3.05) is 20.2 Å². The van der Waals surface area contributed by atoms with Crippen molar-refractivity contribution >= 4 is 18.0 Å². The van der Waals surface area contributed by atoms with Gasteiger partial charge in [0.15, 0.2) is 0 Å². The summed E-state index contributed by atoms with van der Waals surface area (Å²) < 4.78 is 9.91. The maximum absolute atomic E-state index is 11.9. The van der Waals surface area contributed by atoms with Crippen LogP contribution in [0.25, 0.3) is 0 Å². The van der Waals surface area contributed by atoms with Crippen molar-refractivity contribution in [1.29, 1.82) is 0 Å². The third-order valence-corrected chi connectivity index (χ3v) is 3.69. The second-order valence-corrected chi connectivity index (χ2v) is 6.98. The van der Waals surface area contributed by atoms with Crippen LogP contribution < -0.4 is 5.32 Å². The minimum atomic E-state index is -0.566. The highest BCUT2D eigenvalue weighted by atomic mass is 16.6. The van der Waals surface area contributed by atoms with Crippen LogP contribution >= 0.6 is 0 Å². The van der Waals surface area contributed by atoms with Gasteiger partial charge in [0.1, 0.15) is 5.60 Å². The molecule has 7 heteroatoms. The fraction of sp³-hybridized carbons (Fsp3) is 0.812. The lowest BCUT2D eigenvalue weighted by Crippen LogP contribution is -2.52. The SMILES string of the molecule is COC(=O)CCC1CC(NC(=O)OC(C)(C)C)CN(C(C)=O)C1. The summed E-state index contributed by atoms with van der Waals surface area (Å²) in [7, 11) is 1.36. The van der Waals surface area contributed by atoms with Gasteiger partial charge < -0.3 is 19.7 Å². The molecule has 2 unspecified atom stereocenters. The molecule has 1 rings (SSSR count). The molecule has 1 aliphatic heterocycles. The highest BCUT2D eigenvalue weighted by molar-refractivity contribution is 5.74. The molecule has 2 amide bonds. The molecule has 0 aliphatic carbocycles. The van der Waals surface area contributed by atoms with Crippen molar-refractivity contribution in [1.82, 2.24) is 10.2 Å². The lowest BCUT2D eigenvalue weighted by atomic mass is 9.90. The zero-order chi connectivity index (χ0) is 17.6. The van der Waals surface area contributed by atoms with E-state index in [2.05, 4.69) is 10.1 Å². The van der Waals surface area contributed by atoms with E-state index in [0.29, 0.717) is 32.4 Å². The van der Waals surface area contributed by atoms with Crippen LogP contribution in [0.3, 0.4) is 0 Å². The van der Waals surface area contributed by atoms with Gasteiger partial charge in [-0.1, -0.05) is 0 Å². The molecule has 1 aliphatic rings. The van der Waals surface area contributed by atoms with Crippen LogP contribution in [0.2, 0.25) is 0 Å². The van der Waals surface area contributed by atoms with Crippen LogP contribution in [-0.4, -0.2) is 54.7 Å². The van der Waals surface area contributed by atoms with Gasteiger partial charge in [0.25, 0.3) is 0 Å². The number of carbonyl (C=O) groups is 3. The van der Waals surface area contributed by atoms with E-state index in [1.807, 2.05) is 0 Å². The smallest absolute Gasteiger partial charge is 0.407 e. The molecule has 0 saturated carbocycles. The van der Waals surface area contributed by atoms with E-state index in [0.717, 1.165) is 0 Å². The lowest BCUT2D eigenvalue weighted by Gasteiger charge is -2.37. The number of nitrogens with zero attached hydrogens (tertiary/aromatic N) is 1. The number of ether oxygens (including phenoxy) is 2. The first-order chi connectivity index (χ1) is 10.6. The Labute approximate surface area is 137 Å². The van der Waals surface area contributed by atoms with E-state index in [9.17, 15) is 14.4 Å². The molecule has 132 valence electrons. The number of carbonyl (C=O) groups excluding carboxylic acids is 3. The molecule has 2 atom stereocenters. The Bertz CT molecular complexity index is 444. The summed E-state index contributed by atoms with van der Waals surface area (Å²) in [5.41, 5.74) is -0.566. The molecule has 0 spiro atoms. The molecular formula is C16H28N2O5. The highest BCUT2D eigenvalue weighted by Gasteiger charge is 2.30. The second-order valence-electron chi connectivity index (χ2n) is 6.98. The second kappa shape index (κ2) is 8.17. The van der Waals surface area contributed by atoms with Crippen LogP contribution in [-0.2, 0) is 19.1 Å². The number of hydrogen-bond donors (Lipinski definition) is 1. The van der Waals surface area contributed by atoms with E-state index < -0.39 is 11.7 Å². The topological polar surface area (TPSA) is 84.9 Å². The summed E-state index contributed by atoms with van der Waals surface area (Å²) in [5.74, 6) is -0.156. The molecule has 0 aromatic rings. The number of alkyl carbamates (subject to hydrolysis) is 1. The van der Waals surface area contributed by atoms with Gasteiger partial charge in [0.2, 0.25) is 5.91 Å². The van der Waals surface area contributed by atoms with Crippen LogP contribution in [0.1, 0.15) is 47.0 Å². The largest absolute Gasteiger partial charge is 0.469 e. The van der Waals surface area contributed by atoms with Gasteiger partial charge in [-0.3, -0.25) is 9.59 Å². The summed E-state index contributed by atoms with van der Waals surface area (Å²) in [4.78, 5) is 36.6. The summed E-state index contributed by atoms with van der Waals surface area (Å²) >= 11 is 0. The first-order valence-corrected chi connectivity index (χ1v) is 7.92. The van der Waals surface area contributed by atoms with Gasteiger partial charge in [-0.2, -0.15) is 0 Å². The number of nitrogens with one attached hydrogen (secondary N) is 1. The first-order valence-electron chi connectivity index (χ1n) is 7.92. The van der Waals surface area contributed by atoms with Crippen LogP contribution in [0.15, 0.2) is 0 Å². The number of likely N-dealkylation sites (tertiary alicyclic amines) is 1. The van der Waals surface area contributed by atoms with Crippen LogP contribution in [0, 0.1) is 5.92 Å². The van der Waals surface area contributed by atoms with Crippen molar-refractivity contribution in [3.8, 4) is 0 Å². The van der Waals surface area contributed by atoms with Gasteiger partial charge in [-0.25, -0.2) is 4.79 Å². The quantitative estimate of drug-likeness (QED) is 0.794. The Morgan fingerprint density at radius 3 is 2.39 bits per heavy atom. The zero-order valence-electron chi connectivity index (χ0n) is 14.7. The molecule has 0 aromatic carbocycles. The fourth-order valence-electron chi connectivity index (χ4n) is 2.67. The average Bonchev–Trinajstić information content (AvgIpc) is 2.42. The molecule has 23 heavy (non-hydrogen) atoms. The summed E-state index contributed by atoms with van der Waals surface area (Å²) in [6.07, 6.45) is 1.16. The Kier molecular flexibility index (Phi) is 6.84. The number of esters is 1. The molecule has 1 fully saturated rings. The molecule has 1 N–H and O–H groups in total. The average molecular weight is 328 g/mol. The predicted octanol–water partition coefficient (Wildman–Crippen LogP) is 1.70.